The number of nitriles is 1. The molecule has 1 aromatic heterocycles. The molecule has 0 saturated heterocycles. The maximum atomic E-state index is 10.8. The van der Waals surface area contributed by atoms with Gasteiger partial charge < -0.3 is 9.47 Å². The van der Waals surface area contributed by atoms with E-state index in [0.29, 0.717) is 27.8 Å². The van der Waals surface area contributed by atoms with Gasteiger partial charge in [0.25, 0.3) is 5.69 Å². The number of benzene rings is 2. The number of non-ortho nitro benzene ring substituents is 1. The van der Waals surface area contributed by atoms with Crippen LogP contribution >= 0.6 is 11.3 Å². The first kappa shape index (κ1) is 19.1. The van der Waals surface area contributed by atoms with Crippen LogP contribution in [0.1, 0.15) is 10.6 Å². The molecule has 28 heavy (non-hydrogen) atoms. The Bertz CT molecular complexity index is 1080. The quantitative estimate of drug-likeness (QED) is 0.339. The summed E-state index contributed by atoms with van der Waals surface area (Å²) in [5.74, 6) is 1.24. The lowest BCUT2D eigenvalue weighted by atomic mass is 10.1. The average molecular weight is 393 g/mol. The van der Waals surface area contributed by atoms with E-state index in [1.165, 1.54) is 23.5 Å². The minimum atomic E-state index is -0.449. The van der Waals surface area contributed by atoms with Gasteiger partial charge in [0.2, 0.25) is 0 Å². The molecule has 7 nitrogen and oxygen atoms in total. The van der Waals surface area contributed by atoms with Crippen LogP contribution in [0.25, 0.3) is 22.9 Å². The van der Waals surface area contributed by atoms with Crippen molar-refractivity contribution < 1.29 is 14.4 Å². The van der Waals surface area contributed by atoms with Crippen molar-refractivity contribution in [3.05, 3.63) is 68.5 Å². The molecule has 0 aliphatic carbocycles. The summed E-state index contributed by atoms with van der Waals surface area (Å²) >= 11 is 1.33. The van der Waals surface area contributed by atoms with Crippen molar-refractivity contribution >= 4 is 28.7 Å². The number of nitrogens with zero attached hydrogens (tertiary/aromatic N) is 3. The van der Waals surface area contributed by atoms with Crippen LogP contribution in [0.15, 0.2) is 47.8 Å². The van der Waals surface area contributed by atoms with Crippen LogP contribution in [0.4, 0.5) is 5.69 Å². The van der Waals surface area contributed by atoms with Gasteiger partial charge in [-0.15, -0.1) is 11.3 Å². The highest BCUT2D eigenvalue weighted by molar-refractivity contribution is 7.11. The molecule has 2 aromatic carbocycles. The number of thiazole rings is 1. The topological polar surface area (TPSA) is 98.3 Å². The zero-order chi connectivity index (χ0) is 20.1. The van der Waals surface area contributed by atoms with Gasteiger partial charge in [-0.25, -0.2) is 4.98 Å². The standard InChI is InChI=1S/C20H15N3O4S/c1-26-17-8-5-14(19(10-17)27-2)9-15(11-21)20-22-18(12-28-20)13-3-6-16(7-4-13)23(24)25/h3-10,12H,1-2H3/b15-9-. The summed E-state index contributed by atoms with van der Waals surface area (Å²) in [7, 11) is 3.12. The number of aromatic nitrogens is 1. The van der Waals surface area contributed by atoms with Gasteiger partial charge in [0, 0.05) is 34.7 Å². The van der Waals surface area contributed by atoms with Crippen molar-refractivity contribution in [3.63, 3.8) is 0 Å². The largest absolute Gasteiger partial charge is 0.497 e. The van der Waals surface area contributed by atoms with Crippen LogP contribution in [0.2, 0.25) is 0 Å². The van der Waals surface area contributed by atoms with Gasteiger partial charge in [-0.05, 0) is 30.3 Å². The molecule has 0 bridgehead atoms. The number of rotatable bonds is 6. The minimum Gasteiger partial charge on any atom is -0.497 e. The number of nitro benzene ring substituents is 1. The molecule has 0 fully saturated rings. The molecule has 8 heteroatoms. The fraction of sp³-hybridized carbons (Fsp3) is 0.100. The van der Waals surface area contributed by atoms with Gasteiger partial charge in [0.05, 0.1) is 30.4 Å². The third-order valence-electron chi connectivity index (χ3n) is 3.97. The normalized spacial score (nSPS) is 11.0. The first-order valence-corrected chi connectivity index (χ1v) is 8.98. The van der Waals surface area contributed by atoms with Crippen LogP contribution in [-0.4, -0.2) is 24.1 Å². The van der Waals surface area contributed by atoms with Crippen molar-refractivity contribution in [3.8, 4) is 28.8 Å². The van der Waals surface area contributed by atoms with Crippen molar-refractivity contribution in [1.29, 1.82) is 5.26 Å². The van der Waals surface area contributed by atoms with Gasteiger partial charge >= 0.3 is 0 Å². The Morgan fingerprint density at radius 2 is 1.96 bits per heavy atom. The Labute approximate surface area is 165 Å². The van der Waals surface area contributed by atoms with Gasteiger partial charge in [-0.1, -0.05) is 0 Å². The van der Waals surface area contributed by atoms with Gasteiger partial charge in [-0.3, -0.25) is 10.1 Å². The van der Waals surface area contributed by atoms with Crippen LogP contribution < -0.4 is 9.47 Å². The van der Waals surface area contributed by atoms with Crippen molar-refractivity contribution in [2.75, 3.05) is 14.2 Å². The molecule has 0 amide bonds. The summed E-state index contributed by atoms with van der Waals surface area (Å²) in [5.41, 5.74) is 2.53. The molecule has 3 rings (SSSR count). The molecule has 0 unspecified atom stereocenters. The second-order valence-corrected chi connectivity index (χ2v) is 6.48. The minimum absolute atomic E-state index is 0.0170. The predicted octanol–water partition coefficient (Wildman–Crippen LogP) is 4.80. The summed E-state index contributed by atoms with van der Waals surface area (Å²) in [6, 6.07) is 13.6. The summed E-state index contributed by atoms with van der Waals surface area (Å²) < 4.78 is 10.6. The Hall–Kier alpha value is -3.70. The number of hydrogen-bond acceptors (Lipinski definition) is 7. The highest BCUT2D eigenvalue weighted by atomic mass is 32.1. The first-order valence-electron chi connectivity index (χ1n) is 8.10. The van der Waals surface area contributed by atoms with Crippen LogP contribution in [0.5, 0.6) is 11.5 Å². The highest BCUT2D eigenvalue weighted by Crippen LogP contribution is 2.31. The fourth-order valence-electron chi connectivity index (χ4n) is 2.52. The monoisotopic (exact) mass is 393 g/mol. The molecule has 0 N–H and O–H groups in total. The molecular formula is C20H15N3O4S. The number of hydrogen-bond donors (Lipinski definition) is 0. The van der Waals surface area contributed by atoms with Crippen molar-refractivity contribution in [2.24, 2.45) is 0 Å². The zero-order valence-electron chi connectivity index (χ0n) is 15.1. The van der Waals surface area contributed by atoms with E-state index in [9.17, 15) is 15.4 Å². The number of nitro groups is 1. The SMILES string of the molecule is COc1ccc(/C=C(/C#N)c2nc(-c3ccc([N+](=O)[O-])cc3)cs2)c(OC)c1. The number of methoxy groups -OCH3 is 2. The van der Waals surface area contributed by atoms with Crippen LogP contribution in [0.3, 0.4) is 0 Å². The van der Waals surface area contributed by atoms with Crippen molar-refractivity contribution in [1.82, 2.24) is 4.98 Å². The third-order valence-corrected chi connectivity index (χ3v) is 4.84. The summed E-state index contributed by atoms with van der Waals surface area (Å²) in [6.45, 7) is 0. The summed E-state index contributed by atoms with van der Waals surface area (Å²) in [6.07, 6.45) is 1.71. The summed E-state index contributed by atoms with van der Waals surface area (Å²) in [5, 5.41) is 22.7. The molecule has 0 aliphatic rings. The zero-order valence-corrected chi connectivity index (χ0v) is 15.9. The Balaban J connectivity index is 1.93. The van der Waals surface area contributed by atoms with E-state index in [4.69, 9.17) is 9.47 Å². The van der Waals surface area contributed by atoms with E-state index < -0.39 is 4.92 Å². The molecule has 3 aromatic rings. The molecule has 0 atom stereocenters. The summed E-state index contributed by atoms with van der Waals surface area (Å²) in [4.78, 5) is 14.8. The fourth-order valence-corrected chi connectivity index (χ4v) is 3.31. The van der Waals surface area contributed by atoms with E-state index in [2.05, 4.69) is 11.1 Å². The van der Waals surface area contributed by atoms with E-state index in [0.717, 1.165) is 11.1 Å². The van der Waals surface area contributed by atoms with E-state index in [1.807, 2.05) is 5.38 Å². The van der Waals surface area contributed by atoms with E-state index in [1.54, 1.807) is 50.6 Å². The Morgan fingerprint density at radius 1 is 1.21 bits per heavy atom. The first-order chi connectivity index (χ1) is 13.5. The Kier molecular flexibility index (Phi) is 5.67. The van der Waals surface area contributed by atoms with E-state index in [-0.39, 0.29) is 5.69 Å². The van der Waals surface area contributed by atoms with Gasteiger partial charge in [-0.2, -0.15) is 5.26 Å². The molecule has 0 saturated carbocycles. The van der Waals surface area contributed by atoms with Gasteiger partial charge in [0.15, 0.2) is 0 Å². The third kappa shape index (κ3) is 4.00. The maximum absolute atomic E-state index is 10.8. The smallest absolute Gasteiger partial charge is 0.269 e. The molecule has 0 aliphatic heterocycles. The predicted molar refractivity (Wildman–Crippen MR) is 107 cm³/mol. The maximum Gasteiger partial charge on any atom is 0.269 e. The lowest BCUT2D eigenvalue weighted by molar-refractivity contribution is -0.384. The second kappa shape index (κ2) is 8.33. The second-order valence-electron chi connectivity index (χ2n) is 5.62. The van der Waals surface area contributed by atoms with E-state index >= 15 is 0 Å². The highest BCUT2D eigenvalue weighted by Gasteiger charge is 2.12. The molecule has 0 radical (unpaired) electrons. The molecular weight excluding hydrogens is 378 g/mol. The van der Waals surface area contributed by atoms with Gasteiger partial charge in [0.1, 0.15) is 22.6 Å². The molecule has 1 heterocycles. The van der Waals surface area contributed by atoms with Crippen molar-refractivity contribution in [2.45, 2.75) is 0 Å². The van der Waals surface area contributed by atoms with Crippen LogP contribution in [-0.2, 0) is 0 Å². The molecule has 0 spiro atoms. The number of ether oxygens (including phenoxy) is 2. The van der Waals surface area contributed by atoms with Crippen LogP contribution in [0, 0.1) is 21.4 Å². The Morgan fingerprint density at radius 3 is 2.57 bits per heavy atom. The average Bonchev–Trinajstić information content (AvgIpc) is 3.22. The lowest BCUT2D eigenvalue weighted by Crippen LogP contribution is -1.90. The molecule has 140 valence electrons. The lowest BCUT2D eigenvalue weighted by Gasteiger charge is -2.07. The number of allylic oxidation sites excluding steroid dienone is 1.